The smallest absolute Gasteiger partial charge is 0.159 e. The van der Waals surface area contributed by atoms with Gasteiger partial charge in [0.05, 0.1) is 0 Å². The summed E-state index contributed by atoms with van der Waals surface area (Å²) in [5.74, 6) is 1.67. The van der Waals surface area contributed by atoms with Crippen molar-refractivity contribution in [1.82, 2.24) is 0 Å². The van der Waals surface area contributed by atoms with Gasteiger partial charge in [-0.25, -0.2) is 0 Å². The van der Waals surface area contributed by atoms with Gasteiger partial charge in [0.2, 0.25) is 0 Å². The number of allylic oxidation sites excluding steroid dienone is 1. The molecule has 0 atom stereocenters. The van der Waals surface area contributed by atoms with Gasteiger partial charge >= 0.3 is 0 Å². The van der Waals surface area contributed by atoms with Crippen molar-refractivity contribution in [2.75, 3.05) is 0 Å². The van der Waals surface area contributed by atoms with Crippen molar-refractivity contribution in [1.29, 1.82) is 0 Å². The Morgan fingerprint density at radius 1 is 1.04 bits per heavy atom. The molecule has 0 saturated carbocycles. The Morgan fingerprint density at radius 2 is 1.81 bits per heavy atom. The molecule has 0 saturated heterocycles. The number of Topliss-reactive ketones (excluding diaryl/α,β-unsaturated/α-hetero) is 1. The topological polar surface area (TPSA) is 43.4 Å². The molecule has 134 valence electrons. The molecule has 2 aromatic carbocycles. The zero-order chi connectivity index (χ0) is 18.4. The van der Waals surface area contributed by atoms with Crippen molar-refractivity contribution < 1.29 is 14.3 Å². The molecule has 3 nitrogen and oxygen atoms in total. The van der Waals surface area contributed by atoms with E-state index >= 15 is 0 Å². The summed E-state index contributed by atoms with van der Waals surface area (Å²) in [5.41, 5.74) is 3.39. The van der Waals surface area contributed by atoms with Gasteiger partial charge in [-0.2, -0.15) is 0 Å². The highest BCUT2D eigenvalue weighted by Crippen LogP contribution is 2.27. The summed E-state index contributed by atoms with van der Waals surface area (Å²) in [6.07, 6.45) is 6.29. The summed E-state index contributed by atoms with van der Waals surface area (Å²) >= 11 is 0. The van der Waals surface area contributed by atoms with E-state index in [4.69, 9.17) is 4.74 Å². The van der Waals surface area contributed by atoms with E-state index < -0.39 is 0 Å². The Hall–Kier alpha value is -2.68. The lowest BCUT2D eigenvalue weighted by molar-refractivity contribution is -0.117. The summed E-state index contributed by atoms with van der Waals surface area (Å²) in [5, 5.41) is 0. The standard InChI is InChI=1S/C23H24O3/c1-17(24)6-4-7-18-12-14-21(15-13-18)26-23-16-20(25)10-5-9-19-8-2-3-11-22(19)23/h2-3,8,11-16H,4-7,9-10H2,1H3/b23-16+. The van der Waals surface area contributed by atoms with Crippen molar-refractivity contribution >= 4 is 17.3 Å². The molecule has 3 heteroatoms. The molecule has 3 rings (SSSR count). The van der Waals surface area contributed by atoms with Crippen LogP contribution in [-0.2, 0) is 22.4 Å². The quantitative estimate of drug-likeness (QED) is 0.744. The van der Waals surface area contributed by atoms with Gasteiger partial charge in [-0.3, -0.25) is 4.79 Å². The SMILES string of the molecule is CC(=O)CCCc1ccc(O/C2=C/C(=O)CCCc3ccccc32)cc1. The number of carbonyl (C=O) groups excluding carboxylic acids is 2. The number of ketones is 2. The van der Waals surface area contributed by atoms with E-state index in [9.17, 15) is 9.59 Å². The largest absolute Gasteiger partial charge is 0.457 e. The van der Waals surface area contributed by atoms with Gasteiger partial charge in [0, 0.05) is 24.5 Å². The molecular formula is C23H24O3. The first-order chi connectivity index (χ1) is 12.6. The zero-order valence-electron chi connectivity index (χ0n) is 15.2. The number of hydrogen-bond donors (Lipinski definition) is 0. The average molecular weight is 348 g/mol. The molecule has 0 radical (unpaired) electrons. The van der Waals surface area contributed by atoms with Crippen molar-refractivity contribution in [3.63, 3.8) is 0 Å². The summed E-state index contributed by atoms with van der Waals surface area (Å²) < 4.78 is 6.07. The molecule has 1 aliphatic rings. The van der Waals surface area contributed by atoms with E-state index in [2.05, 4.69) is 6.07 Å². The van der Waals surface area contributed by atoms with Gasteiger partial charge in [-0.1, -0.05) is 36.4 Å². The molecule has 0 amide bonds. The molecule has 0 fully saturated rings. The molecule has 0 spiro atoms. The molecule has 1 aliphatic carbocycles. The molecule has 2 aromatic rings. The lowest BCUT2D eigenvalue weighted by Gasteiger charge is -2.16. The Kier molecular flexibility index (Phi) is 6.00. The molecule has 0 aromatic heterocycles. The molecule has 0 unspecified atom stereocenters. The maximum atomic E-state index is 12.1. The number of rotatable bonds is 6. The summed E-state index contributed by atoms with van der Waals surface area (Å²) in [7, 11) is 0. The Morgan fingerprint density at radius 3 is 2.58 bits per heavy atom. The first kappa shape index (κ1) is 18.1. The van der Waals surface area contributed by atoms with E-state index in [1.165, 1.54) is 11.1 Å². The van der Waals surface area contributed by atoms with E-state index in [0.29, 0.717) is 18.6 Å². The first-order valence-electron chi connectivity index (χ1n) is 9.21. The normalized spacial score (nSPS) is 16.0. The van der Waals surface area contributed by atoms with E-state index in [1.54, 1.807) is 13.0 Å². The fourth-order valence-corrected chi connectivity index (χ4v) is 3.20. The van der Waals surface area contributed by atoms with Crippen LogP contribution in [0.1, 0.15) is 49.3 Å². The number of benzene rings is 2. The summed E-state index contributed by atoms with van der Waals surface area (Å²) in [4.78, 5) is 23.1. The molecule has 0 heterocycles. The minimum Gasteiger partial charge on any atom is -0.457 e. The Labute approximate surface area is 154 Å². The minimum absolute atomic E-state index is 0.107. The summed E-state index contributed by atoms with van der Waals surface area (Å²) in [6, 6.07) is 16.0. The van der Waals surface area contributed by atoms with Crippen molar-refractivity contribution in [3.05, 3.63) is 71.3 Å². The fraction of sp³-hybridized carbons (Fsp3) is 0.304. The number of hydrogen-bond acceptors (Lipinski definition) is 3. The minimum atomic E-state index is 0.107. The maximum absolute atomic E-state index is 12.1. The number of aryl methyl sites for hydroxylation is 2. The predicted octanol–water partition coefficient (Wildman–Crippen LogP) is 4.92. The van der Waals surface area contributed by atoms with Crippen molar-refractivity contribution in [2.24, 2.45) is 0 Å². The molecule has 26 heavy (non-hydrogen) atoms. The zero-order valence-corrected chi connectivity index (χ0v) is 15.2. The third-order valence-electron chi connectivity index (χ3n) is 4.59. The van der Waals surface area contributed by atoms with Crippen molar-refractivity contribution in [3.8, 4) is 5.75 Å². The second-order valence-corrected chi connectivity index (χ2v) is 6.79. The van der Waals surface area contributed by atoms with Gasteiger partial charge < -0.3 is 9.53 Å². The number of fused-ring (bicyclic) bond motifs is 1. The molecular weight excluding hydrogens is 324 g/mol. The Balaban J connectivity index is 1.75. The lowest BCUT2D eigenvalue weighted by atomic mass is 9.96. The van der Waals surface area contributed by atoms with Crippen LogP contribution in [0.5, 0.6) is 5.75 Å². The van der Waals surface area contributed by atoms with Gasteiger partial charge in [0.1, 0.15) is 17.3 Å². The van der Waals surface area contributed by atoms with Crippen LogP contribution in [0.15, 0.2) is 54.6 Å². The van der Waals surface area contributed by atoms with Crippen LogP contribution in [0, 0.1) is 0 Å². The third-order valence-corrected chi connectivity index (χ3v) is 4.59. The predicted molar refractivity (Wildman–Crippen MR) is 103 cm³/mol. The van der Waals surface area contributed by atoms with Crippen LogP contribution < -0.4 is 4.74 Å². The van der Waals surface area contributed by atoms with Crippen LogP contribution >= 0.6 is 0 Å². The molecule has 0 bridgehead atoms. The van der Waals surface area contributed by atoms with Crippen LogP contribution in [0.3, 0.4) is 0 Å². The second kappa shape index (κ2) is 8.61. The van der Waals surface area contributed by atoms with E-state index in [-0.39, 0.29) is 11.6 Å². The highest BCUT2D eigenvalue weighted by Gasteiger charge is 2.15. The monoisotopic (exact) mass is 348 g/mol. The highest BCUT2D eigenvalue weighted by molar-refractivity contribution is 5.96. The van der Waals surface area contributed by atoms with E-state index in [0.717, 1.165) is 37.0 Å². The van der Waals surface area contributed by atoms with Crippen LogP contribution in [-0.4, -0.2) is 11.6 Å². The average Bonchev–Trinajstić information content (AvgIpc) is 2.61. The Bertz CT molecular complexity index is 816. The molecule has 0 aliphatic heterocycles. The van der Waals surface area contributed by atoms with Gasteiger partial charge in [-0.05, 0) is 55.9 Å². The third kappa shape index (κ3) is 4.92. The van der Waals surface area contributed by atoms with Gasteiger partial charge in [0.25, 0.3) is 0 Å². The fourth-order valence-electron chi connectivity index (χ4n) is 3.20. The van der Waals surface area contributed by atoms with Crippen LogP contribution in [0.4, 0.5) is 0 Å². The summed E-state index contributed by atoms with van der Waals surface area (Å²) in [6.45, 7) is 1.62. The maximum Gasteiger partial charge on any atom is 0.159 e. The number of ether oxygens (including phenoxy) is 1. The molecule has 0 N–H and O–H groups in total. The number of carbonyl (C=O) groups is 2. The van der Waals surface area contributed by atoms with Crippen molar-refractivity contribution in [2.45, 2.75) is 45.4 Å². The van der Waals surface area contributed by atoms with Gasteiger partial charge in [-0.15, -0.1) is 0 Å². The lowest BCUT2D eigenvalue weighted by Crippen LogP contribution is -2.07. The first-order valence-corrected chi connectivity index (χ1v) is 9.21. The van der Waals surface area contributed by atoms with Gasteiger partial charge in [0.15, 0.2) is 5.78 Å². The second-order valence-electron chi connectivity index (χ2n) is 6.79. The van der Waals surface area contributed by atoms with Crippen LogP contribution in [0.2, 0.25) is 0 Å². The van der Waals surface area contributed by atoms with E-state index in [1.807, 2.05) is 42.5 Å². The van der Waals surface area contributed by atoms with Crippen LogP contribution in [0.25, 0.3) is 5.76 Å². The highest BCUT2D eigenvalue weighted by atomic mass is 16.5.